The first-order valence-corrected chi connectivity index (χ1v) is 12.9. The Hall–Kier alpha value is -3.00. The Bertz CT molecular complexity index is 1510. The number of methoxy groups -OCH3 is 1. The van der Waals surface area contributed by atoms with Crippen LogP contribution in [0.4, 0.5) is 5.69 Å². The van der Waals surface area contributed by atoms with Crippen LogP contribution in [0, 0.1) is 6.92 Å². The Morgan fingerprint density at radius 2 is 1.91 bits per heavy atom. The molecule has 0 atom stereocenters. The van der Waals surface area contributed by atoms with Gasteiger partial charge in [0.1, 0.15) is 11.4 Å². The number of aromatic nitrogens is 1. The molecule has 0 saturated carbocycles. The summed E-state index contributed by atoms with van der Waals surface area (Å²) in [5.41, 5.74) is 5.01. The van der Waals surface area contributed by atoms with Crippen molar-refractivity contribution in [3.8, 4) is 5.75 Å². The van der Waals surface area contributed by atoms with Gasteiger partial charge in [0, 0.05) is 38.2 Å². The molecule has 1 N–H and O–H groups in total. The molecule has 2 heterocycles. The molecule has 0 aliphatic carbocycles. The summed E-state index contributed by atoms with van der Waals surface area (Å²) in [6, 6.07) is 21.8. The second kappa shape index (κ2) is 9.93. The van der Waals surface area contributed by atoms with Crippen LogP contribution < -0.4 is 10.1 Å². The number of carbonyl (C=O) groups excluding carboxylic acids is 1. The lowest BCUT2D eigenvalue weighted by Crippen LogP contribution is -2.19. The molecule has 1 amide bonds. The first kappa shape index (κ1) is 23.7. The molecule has 0 spiro atoms. The van der Waals surface area contributed by atoms with E-state index in [9.17, 15) is 4.79 Å². The van der Waals surface area contributed by atoms with Gasteiger partial charge in [0.2, 0.25) is 0 Å². The number of para-hydroxylation sites is 1. The Labute approximate surface area is 221 Å². The molecule has 1 saturated heterocycles. The molecule has 1 aliphatic heterocycles. The van der Waals surface area contributed by atoms with Gasteiger partial charge in [0.05, 0.1) is 12.0 Å². The van der Waals surface area contributed by atoms with Crippen LogP contribution in [0.2, 0.25) is 5.02 Å². The summed E-state index contributed by atoms with van der Waals surface area (Å²) in [6.07, 6.45) is 1.95. The predicted octanol–water partition coefficient (Wildman–Crippen LogP) is 7.31. The number of halogens is 2. The highest BCUT2D eigenvalue weighted by Crippen LogP contribution is 2.36. The van der Waals surface area contributed by atoms with Gasteiger partial charge in [-0.2, -0.15) is 0 Å². The summed E-state index contributed by atoms with van der Waals surface area (Å²) >= 11 is 10.9. The number of ether oxygens (including phenoxy) is 1. The van der Waals surface area contributed by atoms with E-state index in [1.54, 1.807) is 25.3 Å². The Kier molecular flexibility index (Phi) is 6.73. The third-order valence-electron chi connectivity index (χ3n) is 5.82. The van der Waals surface area contributed by atoms with Gasteiger partial charge in [-0.1, -0.05) is 57.9 Å². The molecule has 5 nitrogen and oxygen atoms in total. The molecule has 4 aromatic rings. The molecule has 0 radical (unpaired) electrons. The van der Waals surface area contributed by atoms with Crippen molar-refractivity contribution in [3.63, 3.8) is 0 Å². The quantitative estimate of drug-likeness (QED) is 0.258. The Balaban J connectivity index is 1.52. The fourth-order valence-corrected chi connectivity index (χ4v) is 5.33. The number of amides is 1. The second-order valence-corrected chi connectivity index (χ2v) is 10.4. The van der Waals surface area contributed by atoms with E-state index in [2.05, 4.69) is 74.1 Å². The van der Waals surface area contributed by atoms with Crippen molar-refractivity contribution < 1.29 is 9.53 Å². The summed E-state index contributed by atoms with van der Waals surface area (Å²) in [4.78, 5) is 18.0. The van der Waals surface area contributed by atoms with Gasteiger partial charge in [-0.3, -0.25) is 4.79 Å². The summed E-state index contributed by atoms with van der Waals surface area (Å²) in [6.45, 7) is 2.83. The third kappa shape index (κ3) is 4.89. The van der Waals surface area contributed by atoms with E-state index in [0.717, 1.165) is 33.2 Å². The molecule has 176 valence electrons. The van der Waals surface area contributed by atoms with Crippen LogP contribution in [0.5, 0.6) is 5.75 Å². The third-order valence-corrected chi connectivity index (χ3v) is 7.50. The van der Waals surface area contributed by atoms with E-state index in [1.807, 2.05) is 18.2 Å². The highest BCUT2D eigenvalue weighted by molar-refractivity contribution is 9.10. The first-order valence-electron chi connectivity index (χ1n) is 10.9. The smallest absolute Gasteiger partial charge is 0.264 e. The number of benzene rings is 3. The van der Waals surface area contributed by atoms with Crippen molar-refractivity contribution in [2.45, 2.75) is 13.5 Å². The van der Waals surface area contributed by atoms with E-state index < -0.39 is 0 Å². The normalized spacial score (nSPS) is 15.8. The van der Waals surface area contributed by atoms with E-state index in [4.69, 9.17) is 16.3 Å². The highest BCUT2D eigenvalue weighted by atomic mass is 79.9. The van der Waals surface area contributed by atoms with Crippen LogP contribution in [0.3, 0.4) is 0 Å². The number of nitrogens with one attached hydrogen (secondary N) is 1. The largest absolute Gasteiger partial charge is 0.494 e. The van der Waals surface area contributed by atoms with E-state index in [-0.39, 0.29) is 5.91 Å². The highest BCUT2D eigenvalue weighted by Gasteiger charge is 2.25. The number of fused-ring (bicyclic) bond motifs is 1. The van der Waals surface area contributed by atoms with E-state index in [0.29, 0.717) is 26.5 Å². The van der Waals surface area contributed by atoms with Gasteiger partial charge >= 0.3 is 0 Å². The molecule has 1 aliphatic rings. The monoisotopic (exact) mass is 565 g/mol. The Morgan fingerprint density at radius 1 is 1.14 bits per heavy atom. The molecule has 0 bridgehead atoms. The molecule has 1 fully saturated rings. The number of thioether (sulfide) groups is 1. The van der Waals surface area contributed by atoms with E-state index >= 15 is 0 Å². The van der Waals surface area contributed by atoms with Gasteiger partial charge in [0.15, 0.2) is 5.17 Å². The van der Waals surface area contributed by atoms with Crippen molar-refractivity contribution >= 4 is 73.0 Å². The zero-order chi connectivity index (χ0) is 24.5. The van der Waals surface area contributed by atoms with Crippen LogP contribution in [0.1, 0.15) is 16.8 Å². The SMILES string of the molecule is COc1ccc(Cl)cc1N=C1NC(=O)/C(=C/c2c(C)n(Cc3ccc(Br)cc3)c3ccccc23)S1. The number of aliphatic imine (C=N–C) groups is 1. The zero-order valence-corrected chi connectivity index (χ0v) is 22.2. The van der Waals surface area contributed by atoms with Crippen molar-refractivity contribution in [2.75, 3.05) is 7.11 Å². The lowest BCUT2D eigenvalue weighted by molar-refractivity contribution is -0.115. The van der Waals surface area contributed by atoms with Gasteiger partial charge < -0.3 is 14.6 Å². The number of carbonyl (C=O) groups is 1. The molecule has 5 rings (SSSR count). The summed E-state index contributed by atoms with van der Waals surface area (Å²) in [5.74, 6) is 0.403. The van der Waals surface area contributed by atoms with Crippen LogP contribution in [0.15, 0.2) is 81.1 Å². The fraction of sp³-hybridized carbons (Fsp3) is 0.111. The molecule has 1 aromatic heterocycles. The fourth-order valence-electron chi connectivity index (χ4n) is 4.09. The average molecular weight is 567 g/mol. The van der Waals surface area contributed by atoms with Gasteiger partial charge in [0.25, 0.3) is 5.91 Å². The minimum absolute atomic E-state index is 0.182. The maximum absolute atomic E-state index is 12.8. The number of hydrogen-bond donors (Lipinski definition) is 1. The predicted molar refractivity (Wildman–Crippen MR) is 149 cm³/mol. The Morgan fingerprint density at radius 3 is 2.69 bits per heavy atom. The number of nitrogens with zero attached hydrogens (tertiary/aromatic N) is 2. The maximum atomic E-state index is 12.8. The number of hydrogen-bond acceptors (Lipinski definition) is 4. The molecular weight excluding hydrogens is 546 g/mol. The van der Waals surface area contributed by atoms with Crippen molar-refractivity contribution in [1.29, 1.82) is 0 Å². The van der Waals surface area contributed by atoms with Crippen LogP contribution in [0.25, 0.3) is 17.0 Å². The van der Waals surface area contributed by atoms with Gasteiger partial charge in [-0.15, -0.1) is 0 Å². The summed E-state index contributed by atoms with van der Waals surface area (Å²) in [5, 5.41) is 4.99. The van der Waals surface area contributed by atoms with Gasteiger partial charge in [-0.25, -0.2) is 4.99 Å². The van der Waals surface area contributed by atoms with Gasteiger partial charge in [-0.05, 0) is 66.7 Å². The zero-order valence-electron chi connectivity index (χ0n) is 19.0. The van der Waals surface area contributed by atoms with Crippen molar-refractivity contribution in [2.24, 2.45) is 4.99 Å². The van der Waals surface area contributed by atoms with Crippen LogP contribution in [-0.4, -0.2) is 22.8 Å². The lowest BCUT2D eigenvalue weighted by Gasteiger charge is -2.09. The van der Waals surface area contributed by atoms with Crippen LogP contribution >= 0.6 is 39.3 Å². The lowest BCUT2D eigenvalue weighted by atomic mass is 10.1. The number of amidine groups is 1. The molecule has 0 unspecified atom stereocenters. The molecule has 8 heteroatoms. The van der Waals surface area contributed by atoms with Crippen molar-refractivity contribution in [1.82, 2.24) is 9.88 Å². The number of rotatable bonds is 5. The topological polar surface area (TPSA) is 55.6 Å². The molecule has 35 heavy (non-hydrogen) atoms. The maximum Gasteiger partial charge on any atom is 0.264 e. The molecule has 3 aromatic carbocycles. The minimum atomic E-state index is -0.182. The standard InChI is InChI=1S/C27H21BrClN3O2S/c1-16-21(20-5-3-4-6-23(20)32(16)15-17-7-9-18(28)10-8-17)14-25-26(33)31-27(35-25)30-22-13-19(29)11-12-24(22)34-2/h3-14H,15H2,1-2H3,(H,30,31,33)/b25-14-. The molecular formula is C27H21BrClN3O2S. The minimum Gasteiger partial charge on any atom is -0.494 e. The summed E-state index contributed by atoms with van der Waals surface area (Å²) < 4.78 is 8.71. The van der Waals surface area contributed by atoms with Crippen LogP contribution in [-0.2, 0) is 11.3 Å². The van der Waals surface area contributed by atoms with E-state index in [1.165, 1.54) is 17.3 Å². The first-order chi connectivity index (χ1) is 16.9. The second-order valence-electron chi connectivity index (χ2n) is 8.03. The average Bonchev–Trinajstić information content (AvgIpc) is 3.32. The summed E-state index contributed by atoms with van der Waals surface area (Å²) in [7, 11) is 1.57. The van der Waals surface area contributed by atoms with Crippen molar-refractivity contribution in [3.05, 3.63) is 98.0 Å².